The second kappa shape index (κ2) is 7.98. The predicted molar refractivity (Wildman–Crippen MR) is 84.0 cm³/mol. The first-order chi connectivity index (χ1) is 11.7. The lowest BCUT2D eigenvalue weighted by molar-refractivity contribution is -0.175. The fourth-order valence-corrected chi connectivity index (χ4v) is 2.35. The van der Waals surface area contributed by atoms with Crippen molar-refractivity contribution in [3.05, 3.63) is 48.0 Å². The lowest BCUT2D eigenvalue weighted by Gasteiger charge is -2.18. The summed E-state index contributed by atoms with van der Waals surface area (Å²) in [5.41, 5.74) is 0.547. The standard InChI is InChI=1S/C17H16F3NO4/c18-17(19,20)10-25-9-15(22)21-14(8-16(23)24)13-6-5-11-3-1-2-4-12(11)7-13/h1-7,14H,8-10H2,(H,21,22)(H,23,24)/t14-/m0/s1. The maximum Gasteiger partial charge on any atom is 0.411 e. The fourth-order valence-electron chi connectivity index (χ4n) is 2.35. The third-order valence-electron chi connectivity index (χ3n) is 3.39. The van der Waals surface area contributed by atoms with E-state index in [0.29, 0.717) is 5.56 Å². The Morgan fingerprint density at radius 1 is 1.12 bits per heavy atom. The van der Waals surface area contributed by atoms with Gasteiger partial charge in [0.25, 0.3) is 0 Å². The van der Waals surface area contributed by atoms with Gasteiger partial charge in [0.15, 0.2) is 0 Å². The van der Waals surface area contributed by atoms with Crippen LogP contribution in [0.2, 0.25) is 0 Å². The number of hydrogen-bond acceptors (Lipinski definition) is 3. The van der Waals surface area contributed by atoms with E-state index < -0.39 is 43.7 Å². The first kappa shape index (κ1) is 18.7. The molecule has 0 aliphatic heterocycles. The van der Waals surface area contributed by atoms with Gasteiger partial charge in [0.1, 0.15) is 13.2 Å². The highest BCUT2D eigenvalue weighted by atomic mass is 19.4. The molecule has 0 aliphatic carbocycles. The minimum Gasteiger partial charge on any atom is -0.481 e. The van der Waals surface area contributed by atoms with Gasteiger partial charge in [0.05, 0.1) is 12.5 Å². The summed E-state index contributed by atoms with van der Waals surface area (Å²) in [7, 11) is 0. The van der Waals surface area contributed by atoms with Crippen LogP contribution >= 0.6 is 0 Å². The molecule has 0 heterocycles. The van der Waals surface area contributed by atoms with Crippen LogP contribution in [0.15, 0.2) is 42.5 Å². The van der Waals surface area contributed by atoms with Crippen LogP contribution in [0.1, 0.15) is 18.0 Å². The lowest BCUT2D eigenvalue weighted by Crippen LogP contribution is -2.34. The molecular formula is C17H16F3NO4. The number of carbonyl (C=O) groups excluding carboxylic acids is 1. The summed E-state index contributed by atoms with van der Waals surface area (Å²) in [5, 5.41) is 13.2. The van der Waals surface area contributed by atoms with E-state index in [1.807, 2.05) is 24.3 Å². The normalized spacial score (nSPS) is 12.8. The summed E-state index contributed by atoms with van der Waals surface area (Å²) in [4.78, 5) is 22.8. The fraction of sp³-hybridized carbons (Fsp3) is 0.294. The summed E-state index contributed by atoms with van der Waals surface area (Å²) in [6.45, 7) is -2.34. The Morgan fingerprint density at radius 2 is 1.80 bits per heavy atom. The summed E-state index contributed by atoms with van der Waals surface area (Å²) < 4.78 is 40.3. The Morgan fingerprint density at radius 3 is 2.44 bits per heavy atom. The third kappa shape index (κ3) is 6.07. The molecule has 0 radical (unpaired) electrons. The van der Waals surface area contributed by atoms with Crippen LogP contribution in [0.4, 0.5) is 13.2 Å². The van der Waals surface area contributed by atoms with Crippen molar-refractivity contribution in [1.82, 2.24) is 5.32 Å². The number of carbonyl (C=O) groups is 2. The van der Waals surface area contributed by atoms with Crippen LogP contribution < -0.4 is 5.32 Å². The maximum absolute atomic E-state index is 12.0. The van der Waals surface area contributed by atoms with Crippen molar-refractivity contribution in [2.24, 2.45) is 0 Å². The molecule has 5 nitrogen and oxygen atoms in total. The number of rotatable bonds is 7. The van der Waals surface area contributed by atoms with Gasteiger partial charge < -0.3 is 15.2 Å². The van der Waals surface area contributed by atoms with Gasteiger partial charge in [-0.15, -0.1) is 0 Å². The van der Waals surface area contributed by atoms with Crippen LogP contribution in [0.5, 0.6) is 0 Å². The van der Waals surface area contributed by atoms with Gasteiger partial charge in [0.2, 0.25) is 5.91 Å². The number of nitrogens with one attached hydrogen (secondary N) is 1. The molecule has 2 N–H and O–H groups in total. The first-order valence-corrected chi connectivity index (χ1v) is 7.39. The lowest BCUT2D eigenvalue weighted by atomic mass is 9.99. The molecule has 0 unspecified atom stereocenters. The molecule has 0 bridgehead atoms. The number of fused-ring (bicyclic) bond motifs is 1. The van der Waals surface area contributed by atoms with E-state index in [1.165, 1.54) is 0 Å². The quantitative estimate of drug-likeness (QED) is 0.800. The Kier molecular flexibility index (Phi) is 5.97. The van der Waals surface area contributed by atoms with Crippen LogP contribution in [0, 0.1) is 0 Å². The van der Waals surface area contributed by atoms with Gasteiger partial charge in [-0.25, -0.2) is 0 Å². The monoisotopic (exact) mass is 355 g/mol. The van der Waals surface area contributed by atoms with E-state index >= 15 is 0 Å². The number of alkyl halides is 3. The number of ether oxygens (including phenoxy) is 1. The van der Waals surface area contributed by atoms with Gasteiger partial charge >= 0.3 is 12.1 Å². The van der Waals surface area contributed by atoms with Crippen molar-refractivity contribution in [3.8, 4) is 0 Å². The molecule has 0 aliphatic rings. The Bertz CT molecular complexity index is 761. The van der Waals surface area contributed by atoms with E-state index in [0.717, 1.165) is 10.8 Å². The van der Waals surface area contributed by atoms with Crippen molar-refractivity contribution < 1.29 is 32.6 Å². The molecule has 2 aromatic carbocycles. The second-order valence-corrected chi connectivity index (χ2v) is 5.43. The second-order valence-electron chi connectivity index (χ2n) is 5.43. The van der Waals surface area contributed by atoms with E-state index in [1.54, 1.807) is 18.2 Å². The zero-order valence-electron chi connectivity index (χ0n) is 13.0. The zero-order chi connectivity index (χ0) is 18.4. The van der Waals surface area contributed by atoms with E-state index in [9.17, 15) is 22.8 Å². The largest absolute Gasteiger partial charge is 0.481 e. The predicted octanol–water partition coefficient (Wildman–Crippen LogP) is 3.05. The number of amides is 1. The number of benzene rings is 2. The zero-order valence-corrected chi connectivity index (χ0v) is 13.0. The number of carboxylic acids is 1. The molecule has 0 spiro atoms. The van der Waals surface area contributed by atoms with Crippen molar-refractivity contribution in [2.45, 2.75) is 18.6 Å². The minimum absolute atomic E-state index is 0.399. The smallest absolute Gasteiger partial charge is 0.411 e. The molecule has 8 heteroatoms. The van der Waals surface area contributed by atoms with Gasteiger partial charge in [-0.1, -0.05) is 36.4 Å². The average Bonchev–Trinajstić information content (AvgIpc) is 2.52. The average molecular weight is 355 g/mol. The van der Waals surface area contributed by atoms with Crippen molar-refractivity contribution in [3.63, 3.8) is 0 Å². The van der Waals surface area contributed by atoms with E-state index in [2.05, 4.69) is 10.1 Å². The third-order valence-corrected chi connectivity index (χ3v) is 3.39. The molecule has 0 saturated heterocycles. The highest BCUT2D eigenvalue weighted by Gasteiger charge is 2.28. The first-order valence-electron chi connectivity index (χ1n) is 7.39. The summed E-state index contributed by atoms with van der Waals surface area (Å²) in [5.74, 6) is -1.96. The van der Waals surface area contributed by atoms with Gasteiger partial charge in [-0.05, 0) is 22.4 Å². The number of halogens is 3. The molecule has 2 rings (SSSR count). The van der Waals surface area contributed by atoms with Crippen LogP contribution in [-0.2, 0) is 14.3 Å². The molecule has 0 fully saturated rings. The van der Waals surface area contributed by atoms with E-state index in [-0.39, 0.29) is 0 Å². The topological polar surface area (TPSA) is 75.6 Å². The number of hydrogen-bond donors (Lipinski definition) is 2. The molecule has 0 aromatic heterocycles. The van der Waals surface area contributed by atoms with Crippen molar-refractivity contribution >= 4 is 22.6 Å². The molecule has 134 valence electrons. The molecule has 1 atom stereocenters. The Hall–Kier alpha value is -2.61. The van der Waals surface area contributed by atoms with Crippen LogP contribution in [-0.4, -0.2) is 36.4 Å². The minimum atomic E-state index is -4.53. The summed E-state index contributed by atoms with van der Waals surface area (Å²) in [6.07, 6.45) is -4.93. The Labute approximate surface area is 141 Å². The highest BCUT2D eigenvalue weighted by Crippen LogP contribution is 2.23. The molecule has 2 aromatic rings. The SMILES string of the molecule is O=C(O)C[C@H](NC(=O)COCC(F)(F)F)c1ccc2ccccc2c1. The number of aliphatic carboxylic acids is 1. The van der Waals surface area contributed by atoms with Gasteiger partial charge in [0, 0.05) is 0 Å². The van der Waals surface area contributed by atoms with Gasteiger partial charge in [-0.2, -0.15) is 13.2 Å². The summed E-state index contributed by atoms with van der Waals surface area (Å²) in [6, 6.07) is 11.7. The Balaban J connectivity index is 2.09. The maximum atomic E-state index is 12.0. The summed E-state index contributed by atoms with van der Waals surface area (Å²) >= 11 is 0. The molecule has 25 heavy (non-hydrogen) atoms. The van der Waals surface area contributed by atoms with E-state index in [4.69, 9.17) is 5.11 Å². The van der Waals surface area contributed by atoms with Crippen LogP contribution in [0.25, 0.3) is 10.8 Å². The number of carboxylic acid groups (broad SMARTS) is 1. The molecular weight excluding hydrogens is 339 g/mol. The van der Waals surface area contributed by atoms with Crippen molar-refractivity contribution in [1.29, 1.82) is 0 Å². The van der Waals surface area contributed by atoms with Crippen molar-refractivity contribution in [2.75, 3.05) is 13.2 Å². The molecule has 0 saturated carbocycles. The van der Waals surface area contributed by atoms with Gasteiger partial charge in [-0.3, -0.25) is 9.59 Å². The van der Waals surface area contributed by atoms with Crippen LogP contribution in [0.3, 0.4) is 0 Å². The molecule has 1 amide bonds. The highest BCUT2D eigenvalue weighted by molar-refractivity contribution is 5.84.